The van der Waals surface area contributed by atoms with E-state index in [-0.39, 0.29) is 0 Å². The van der Waals surface area contributed by atoms with Gasteiger partial charge in [0.25, 0.3) is 0 Å². The van der Waals surface area contributed by atoms with Gasteiger partial charge < -0.3 is 0 Å². The highest BCUT2D eigenvalue weighted by molar-refractivity contribution is 6.29. The number of pyridine rings is 1. The summed E-state index contributed by atoms with van der Waals surface area (Å²) >= 11 is 5.94. The van der Waals surface area contributed by atoms with Crippen LogP contribution in [0.5, 0.6) is 0 Å². The van der Waals surface area contributed by atoms with E-state index in [1.165, 1.54) is 0 Å². The van der Waals surface area contributed by atoms with Crippen LogP contribution in [0, 0.1) is 6.92 Å². The number of rotatable bonds is 1. The van der Waals surface area contributed by atoms with Crippen molar-refractivity contribution in [1.82, 2.24) is 29.2 Å². The molecule has 0 bridgehead atoms. The number of hydrogen-bond donors (Lipinski definition) is 0. The topological polar surface area (TPSA) is 60.4 Å². The van der Waals surface area contributed by atoms with Gasteiger partial charge in [0.2, 0.25) is 0 Å². The van der Waals surface area contributed by atoms with Crippen molar-refractivity contribution in [2.75, 3.05) is 0 Å². The minimum absolute atomic E-state index is 0.411. The SMILES string of the molecule is Cc1nc(Cl)cc2nnc(-c3cnn4ccccc34)n12. The second-order valence-corrected chi connectivity index (χ2v) is 4.82. The zero-order chi connectivity index (χ0) is 13.7. The van der Waals surface area contributed by atoms with Crippen molar-refractivity contribution in [1.29, 1.82) is 0 Å². The molecule has 6 nitrogen and oxygen atoms in total. The minimum atomic E-state index is 0.411. The normalized spacial score (nSPS) is 11.5. The van der Waals surface area contributed by atoms with E-state index in [0.29, 0.717) is 16.6 Å². The van der Waals surface area contributed by atoms with Gasteiger partial charge in [0.1, 0.15) is 11.0 Å². The lowest BCUT2D eigenvalue weighted by Crippen LogP contribution is -1.97. The molecule has 4 aromatic heterocycles. The van der Waals surface area contributed by atoms with Gasteiger partial charge in [-0.1, -0.05) is 17.7 Å². The first-order valence-corrected chi connectivity index (χ1v) is 6.43. The second kappa shape index (κ2) is 4.01. The molecule has 0 saturated heterocycles. The van der Waals surface area contributed by atoms with Gasteiger partial charge in [-0.15, -0.1) is 10.2 Å². The highest BCUT2D eigenvalue weighted by Gasteiger charge is 2.15. The lowest BCUT2D eigenvalue weighted by Gasteiger charge is -2.02. The molecule has 0 aliphatic heterocycles. The van der Waals surface area contributed by atoms with E-state index in [0.717, 1.165) is 16.9 Å². The lowest BCUT2D eigenvalue weighted by molar-refractivity contribution is 0.961. The van der Waals surface area contributed by atoms with Gasteiger partial charge in [0, 0.05) is 12.3 Å². The molecule has 0 spiro atoms. The van der Waals surface area contributed by atoms with E-state index in [4.69, 9.17) is 11.6 Å². The third-order valence-electron chi connectivity index (χ3n) is 3.20. The van der Waals surface area contributed by atoms with E-state index in [2.05, 4.69) is 20.3 Å². The molecule has 0 atom stereocenters. The monoisotopic (exact) mass is 284 g/mol. The first-order valence-electron chi connectivity index (χ1n) is 6.05. The molecule has 0 aliphatic carbocycles. The van der Waals surface area contributed by atoms with Crippen molar-refractivity contribution < 1.29 is 0 Å². The van der Waals surface area contributed by atoms with Crippen LogP contribution in [0.25, 0.3) is 22.6 Å². The number of fused-ring (bicyclic) bond motifs is 2. The Balaban J connectivity index is 2.08. The fraction of sp³-hybridized carbons (Fsp3) is 0.0769. The number of aryl methyl sites for hydroxylation is 1. The van der Waals surface area contributed by atoms with Crippen molar-refractivity contribution in [3.05, 3.63) is 47.6 Å². The van der Waals surface area contributed by atoms with E-state index >= 15 is 0 Å². The zero-order valence-corrected chi connectivity index (χ0v) is 11.3. The van der Waals surface area contributed by atoms with Crippen LogP contribution in [-0.2, 0) is 0 Å². The van der Waals surface area contributed by atoms with Crippen LogP contribution >= 0.6 is 11.6 Å². The largest absolute Gasteiger partial charge is 0.262 e. The summed E-state index contributed by atoms with van der Waals surface area (Å²) in [6, 6.07) is 7.57. The van der Waals surface area contributed by atoms with Crippen molar-refractivity contribution in [3.8, 4) is 11.4 Å². The quantitative estimate of drug-likeness (QED) is 0.504. The lowest BCUT2D eigenvalue weighted by atomic mass is 10.2. The van der Waals surface area contributed by atoms with Gasteiger partial charge >= 0.3 is 0 Å². The Morgan fingerprint density at radius 3 is 3.00 bits per heavy atom. The van der Waals surface area contributed by atoms with E-state index < -0.39 is 0 Å². The summed E-state index contributed by atoms with van der Waals surface area (Å²) in [5, 5.41) is 13.1. The summed E-state index contributed by atoms with van der Waals surface area (Å²) in [7, 11) is 0. The molecule has 0 radical (unpaired) electrons. The minimum Gasteiger partial charge on any atom is -0.262 e. The highest BCUT2D eigenvalue weighted by Crippen LogP contribution is 2.24. The first kappa shape index (κ1) is 11.4. The van der Waals surface area contributed by atoms with Crippen LogP contribution < -0.4 is 0 Å². The molecule has 0 aliphatic rings. The molecular formula is C13H9ClN6. The van der Waals surface area contributed by atoms with Gasteiger partial charge in [-0.3, -0.25) is 4.40 Å². The maximum Gasteiger partial charge on any atom is 0.173 e. The second-order valence-electron chi connectivity index (χ2n) is 4.43. The summed E-state index contributed by atoms with van der Waals surface area (Å²) in [5.41, 5.74) is 2.55. The van der Waals surface area contributed by atoms with Gasteiger partial charge in [0.15, 0.2) is 11.5 Å². The number of halogens is 1. The van der Waals surface area contributed by atoms with Crippen molar-refractivity contribution >= 4 is 22.8 Å². The summed E-state index contributed by atoms with van der Waals surface area (Å²) in [4.78, 5) is 4.25. The molecule has 4 heterocycles. The Bertz CT molecular complexity index is 938. The van der Waals surface area contributed by atoms with Crippen LogP contribution in [-0.4, -0.2) is 29.2 Å². The predicted octanol–water partition coefficient (Wildman–Crippen LogP) is 2.40. The molecule has 0 unspecified atom stereocenters. The molecule has 0 aromatic carbocycles. The third-order valence-corrected chi connectivity index (χ3v) is 3.39. The van der Waals surface area contributed by atoms with Crippen molar-refractivity contribution in [3.63, 3.8) is 0 Å². The smallest absolute Gasteiger partial charge is 0.173 e. The molecule has 20 heavy (non-hydrogen) atoms. The molecule has 4 rings (SSSR count). The van der Waals surface area contributed by atoms with Crippen LogP contribution in [0.1, 0.15) is 5.82 Å². The van der Waals surface area contributed by atoms with Crippen molar-refractivity contribution in [2.24, 2.45) is 0 Å². The van der Waals surface area contributed by atoms with E-state index in [1.54, 1.807) is 16.8 Å². The Hall–Kier alpha value is -2.47. The van der Waals surface area contributed by atoms with Gasteiger partial charge in [-0.2, -0.15) is 5.10 Å². The van der Waals surface area contributed by atoms with Crippen LogP contribution in [0.15, 0.2) is 36.7 Å². The van der Waals surface area contributed by atoms with Crippen LogP contribution in [0.2, 0.25) is 5.15 Å². The number of aromatic nitrogens is 6. The summed E-state index contributed by atoms with van der Waals surface area (Å²) in [6.07, 6.45) is 3.67. The first-order chi connectivity index (χ1) is 9.74. The van der Waals surface area contributed by atoms with Crippen LogP contribution in [0.4, 0.5) is 0 Å². The Morgan fingerprint density at radius 1 is 1.20 bits per heavy atom. The fourth-order valence-electron chi connectivity index (χ4n) is 2.33. The summed E-state index contributed by atoms with van der Waals surface area (Å²) < 4.78 is 3.67. The number of nitrogens with zero attached hydrogens (tertiary/aromatic N) is 6. The standard InChI is InChI=1S/C13H9ClN6/c1-8-16-11(14)6-12-17-18-13(20(8)12)9-7-15-19-5-3-2-4-10(9)19/h2-7H,1H3. The molecule has 0 amide bonds. The van der Waals surface area contributed by atoms with Gasteiger partial charge in [-0.25, -0.2) is 9.50 Å². The van der Waals surface area contributed by atoms with Gasteiger partial charge in [-0.05, 0) is 19.1 Å². The fourth-order valence-corrected chi connectivity index (χ4v) is 2.55. The van der Waals surface area contributed by atoms with Gasteiger partial charge in [0.05, 0.1) is 17.3 Å². The average Bonchev–Trinajstić information content (AvgIpc) is 3.01. The highest BCUT2D eigenvalue weighted by atomic mass is 35.5. The molecular weight excluding hydrogens is 276 g/mol. The van der Waals surface area contributed by atoms with Crippen molar-refractivity contribution in [2.45, 2.75) is 6.92 Å². The maximum atomic E-state index is 5.94. The molecule has 98 valence electrons. The summed E-state index contributed by atoms with van der Waals surface area (Å²) in [5.74, 6) is 1.45. The van der Waals surface area contributed by atoms with E-state index in [9.17, 15) is 0 Å². The predicted molar refractivity (Wildman–Crippen MR) is 74.7 cm³/mol. The molecule has 4 aromatic rings. The Kier molecular flexibility index (Phi) is 2.28. The van der Waals surface area contributed by atoms with Crippen LogP contribution in [0.3, 0.4) is 0 Å². The molecule has 0 saturated carbocycles. The molecule has 0 N–H and O–H groups in total. The maximum absolute atomic E-state index is 5.94. The number of hydrogen-bond acceptors (Lipinski definition) is 4. The van der Waals surface area contributed by atoms with E-state index in [1.807, 2.05) is 35.7 Å². The Labute approximate surface area is 118 Å². The molecule has 7 heteroatoms. The average molecular weight is 285 g/mol. The molecule has 0 fully saturated rings. The Morgan fingerprint density at radius 2 is 2.10 bits per heavy atom. The third kappa shape index (κ3) is 1.51. The summed E-state index contributed by atoms with van der Waals surface area (Å²) in [6.45, 7) is 1.87. The zero-order valence-electron chi connectivity index (χ0n) is 10.5.